The second-order valence-corrected chi connectivity index (χ2v) is 5.98. The van der Waals surface area contributed by atoms with Crippen LogP contribution in [0.25, 0.3) is 0 Å². The van der Waals surface area contributed by atoms with Crippen molar-refractivity contribution in [3.8, 4) is 0 Å². The third kappa shape index (κ3) is 3.05. The molecule has 7 nitrogen and oxygen atoms in total. The van der Waals surface area contributed by atoms with Gasteiger partial charge in [0.1, 0.15) is 11.4 Å². The second kappa shape index (κ2) is 6.37. The number of hydrogen-bond donors (Lipinski definition) is 2. The summed E-state index contributed by atoms with van der Waals surface area (Å²) < 4.78 is 1.79. The van der Waals surface area contributed by atoms with Gasteiger partial charge in [0.15, 0.2) is 0 Å². The highest BCUT2D eigenvalue weighted by atomic mass is 16.2. The molecule has 3 heterocycles. The zero-order valence-corrected chi connectivity index (χ0v) is 13.5. The van der Waals surface area contributed by atoms with Crippen LogP contribution >= 0.6 is 0 Å². The fourth-order valence-corrected chi connectivity index (χ4v) is 2.91. The van der Waals surface area contributed by atoms with Gasteiger partial charge in [-0.1, -0.05) is 0 Å². The van der Waals surface area contributed by atoms with Crippen molar-refractivity contribution in [3.05, 3.63) is 36.8 Å². The van der Waals surface area contributed by atoms with Gasteiger partial charge in [-0.3, -0.25) is 9.48 Å². The lowest BCUT2D eigenvalue weighted by atomic mass is 9.87. The first-order valence-electron chi connectivity index (χ1n) is 7.77. The molecule has 0 atom stereocenters. The standard InChI is InChI=1S/C16H22N6O/c1-21(2)14-12-13(4-8-18-14)20-15(23)16(5-9-17-10-6-16)22-11-3-7-19-22/h3-4,7-8,11-12,17H,5-6,9-10H2,1-2H3,(H,18,20,23). The van der Waals surface area contributed by atoms with Crippen molar-refractivity contribution in [2.75, 3.05) is 37.4 Å². The van der Waals surface area contributed by atoms with E-state index in [1.807, 2.05) is 43.4 Å². The summed E-state index contributed by atoms with van der Waals surface area (Å²) in [5, 5.41) is 10.7. The SMILES string of the molecule is CN(C)c1cc(NC(=O)C2(n3cccn3)CCNCC2)ccn1. The van der Waals surface area contributed by atoms with Gasteiger partial charge >= 0.3 is 0 Å². The summed E-state index contributed by atoms with van der Waals surface area (Å²) in [6.45, 7) is 1.60. The molecular formula is C16H22N6O. The molecule has 1 amide bonds. The van der Waals surface area contributed by atoms with Crippen LogP contribution in [0.4, 0.5) is 11.5 Å². The molecule has 122 valence electrons. The number of nitrogens with zero attached hydrogens (tertiary/aromatic N) is 4. The van der Waals surface area contributed by atoms with Gasteiger partial charge in [0.05, 0.1) is 0 Å². The van der Waals surface area contributed by atoms with E-state index in [0.29, 0.717) is 12.8 Å². The average Bonchev–Trinajstić information content (AvgIpc) is 3.10. The Balaban J connectivity index is 1.86. The van der Waals surface area contributed by atoms with Crippen LogP contribution in [0.5, 0.6) is 0 Å². The maximum Gasteiger partial charge on any atom is 0.252 e. The number of nitrogens with one attached hydrogen (secondary N) is 2. The highest BCUT2D eigenvalue weighted by Gasteiger charge is 2.42. The van der Waals surface area contributed by atoms with Crippen LogP contribution in [0.1, 0.15) is 12.8 Å². The van der Waals surface area contributed by atoms with Crippen LogP contribution in [0.2, 0.25) is 0 Å². The zero-order chi connectivity index (χ0) is 16.3. The second-order valence-electron chi connectivity index (χ2n) is 5.98. The summed E-state index contributed by atoms with van der Waals surface area (Å²) in [4.78, 5) is 19.2. The first-order chi connectivity index (χ1) is 11.1. The van der Waals surface area contributed by atoms with E-state index < -0.39 is 5.54 Å². The molecular weight excluding hydrogens is 292 g/mol. The van der Waals surface area contributed by atoms with Gasteiger partial charge < -0.3 is 15.5 Å². The first-order valence-corrected chi connectivity index (χ1v) is 7.77. The predicted molar refractivity (Wildman–Crippen MR) is 89.5 cm³/mol. The molecule has 2 aromatic heterocycles. The fourth-order valence-electron chi connectivity index (χ4n) is 2.91. The molecule has 0 bridgehead atoms. The lowest BCUT2D eigenvalue weighted by Gasteiger charge is -2.36. The molecule has 2 aromatic rings. The minimum Gasteiger partial charge on any atom is -0.363 e. The highest BCUT2D eigenvalue weighted by Crippen LogP contribution is 2.29. The highest BCUT2D eigenvalue weighted by molar-refractivity contribution is 5.97. The van der Waals surface area contributed by atoms with E-state index in [9.17, 15) is 4.79 Å². The van der Waals surface area contributed by atoms with Crippen LogP contribution < -0.4 is 15.5 Å². The van der Waals surface area contributed by atoms with E-state index in [2.05, 4.69) is 20.7 Å². The van der Waals surface area contributed by atoms with Gasteiger partial charge in [0, 0.05) is 44.4 Å². The third-order valence-corrected chi connectivity index (χ3v) is 4.26. The monoisotopic (exact) mass is 314 g/mol. The lowest BCUT2D eigenvalue weighted by Crippen LogP contribution is -2.52. The number of amides is 1. The molecule has 2 N–H and O–H groups in total. The van der Waals surface area contributed by atoms with Gasteiger partial charge in [0.25, 0.3) is 5.91 Å². The molecule has 0 aliphatic carbocycles. The van der Waals surface area contributed by atoms with E-state index >= 15 is 0 Å². The molecule has 0 aromatic carbocycles. The Morgan fingerprint density at radius 3 is 2.78 bits per heavy atom. The number of carbonyl (C=O) groups excluding carboxylic acids is 1. The number of anilines is 2. The van der Waals surface area contributed by atoms with Crippen molar-refractivity contribution in [2.45, 2.75) is 18.4 Å². The molecule has 1 saturated heterocycles. The summed E-state index contributed by atoms with van der Waals surface area (Å²) in [6.07, 6.45) is 6.71. The Hall–Kier alpha value is -2.41. The smallest absolute Gasteiger partial charge is 0.252 e. The lowest BCUT2D eigenvalue weighted by molar-refractivity contribution is -0.126. The van der Waals surface area contributed by atoms with E-state index in [0.717, 1.165) is 24.6 Å². The van der Waals surface area contributed by atoms with Crippen LogP contribution in [-0.2, 0) is 10.3 Å². The molecule has 3 rings (SSSR count). The van der Waals surface area contributed by atoms with E-state index in [1.54, 1.807) is 17.1 Å². The van der Waals surface area contributed by atoms with Crippen molar-refractivity contribution in [3.63, 3.8) is 0 Å². The van der Waals surface area contributed by atoms with Crippen molar-refractivity contribution in [1.82, 2.24) is 20.1 Å². The zero-order valence-electron chi connectivity index (χ0n) is 13.5. The summed E-state index contributed by atoms with van der Waals surface area (Å²) in [7, 11) is 3.85. The number of piperidine rings is 1. The molecule has 23 heavy (non-hydrogen) atoms. The minimum absolute atomic E-state index is 0.0291. The maximum absolute atomic E-state index is 13.0. The maximum atomic E-state index is 13.0. The number of hydrogen-bond acceptors (Lipinski definition) is 5. The van der Waals surface area contributed by atoms with Crippen LogP contribution in [0, 0.1) is 0 Å². The van der Waals surface area contributed by atoms with Gasteiger partial charge in [-0.05, 0) is 38.1 Å². The van der Waals surface area contributed by atoms with Crippen molar-refractivity contribution < 1.29 is 4.79 Å². The molecule has 0 spiro atoms. The Kier molecular flexibility index (Phi) is 4.29. The number of pyridine rings is 1. The molecule has 1 aliphatic heterocycles. The predicted octanol–water partition coefficient (Wildman–Crippen LogP) is 1.06. The molecule has 7 heteroatoms. The molecule has 0 saturated carbocycles. The van der Waals surface area contributed by atoms with Crippen molar-refractivity contribution in [2.24, 2.45) is 0 Å². The van der Waals surface area contributed by atoms with E-state index in [-0.39, 0.29) is 5.91 Å². The summed E-state index contributed by atoms with van der Waals surface area (Å²) >= 11 is 0. The van der Waals surface area contributed by atoms with Crippen LogP contribution in [0.3, 0.4) is 0 Å². The Morgan fingerprint density at radius 2 is 2.13 bits per heavy atom. The number of aromatic nitrogens is 3. The minimum atomic E-state index is -0.643. The molecule has 0 radical (unpaired) electrons. The molecule has 1 fully saturated rings. The van der Waals surface area contributed by atoms with Gasteiger partial charge in [0.2, 0.25) is 0 Å². The normalized spacial score (nSPS) is 16.8. The number of rotatable bonds is 4. The van der Waals surface area contributed by atoms with Crippen molar-refractivity contribution >= 4 is 17.4 Å². The van der Waals surface area contributed by atoms with E-state index in [1.165, 1.54) is 0 Å². The molecule has 1 aliphatic rings. The van der Waals surface area contributed by atoms with Crippen LogP contribution in [0.15, 0.2) is 36.8 Å². The van der Waals surface area contributed by atoms with Gasteiger partial charge in [-0.15, -0.1) is 0 Å². The summed E-state index contributed by atoms with van der Waals surface area (Å²) in [5.74, 6) is 0.778. The Morgan fingerprint density at radius 1 is 1.35 bits per heavy atom. The van der Waals surface area contributed by atoms with Gasteiger partial charge in [-0.2, -0.15) is 5.10 Å². The van der Waals surface area contributed by atoms with Crippen molar-refractivity contribution in [1.29, 1.82) is 0 Å². The first kappa shape index (κ1) is 15.5. The quantitative estimate of drug-likeness (QED) is 0.883. The van der Waals surface area contributed by atoms with Crippen LogP contribution in [-0.4, -0.2) is 47.9 Å². The third-order valence-electron chi connectivity index (χ3n) is 4.26. The van der Waals surface area contributed by atoms with E-state index in [4.69, 9.17) is 0 Å². The largest absolute Gasteiger partial charge is 0.363 e. The van der Waals surface area contributed by atoms with Gasteiger partial charge in [-0.25, -0.2) is 4.98 Å². The molecule has 0 unspecified atom stereocenters. The topological polar surface area (TPSA) is 75.1 Å². The summed E-state index contributed by atoms with van der Waals surface area (Å²) in [5.41, 5.74) is 0.106. The fraction of sp³-hybridized carbons (Fsp3) is 0.438. The summed E-state index contributed by atoms with van der Waals surface area (Å²) in [6, 6.07) is 5.53. The Labute approximate surface area is 135 Å². The number of carbonyl (C=O) groups is 1. The Bertz CT molecular complexity index is 661. The average molecular weight is 314 g/mol.